The second-order valence-corrected chi connectivity index (χ2v) is 5.35. The molecule has 0 unspecified atom stereocenters. The number of aryl methyl sites for hydroxylation is 1. The van der Waals surface area contributed by atoms with Crippen molar-refractivity contribution in [1.82, 2.24) is 0 Å². The maximum Gasteiger partial charge on any atom is 0.259 e. The van der Waals surface area contributed by atoms with Crippen LogP contribution in [0.15, 0.2) is 46.2 Å². The fourth-order valence-electron chi connectivity index (χ4n) is 1.96. The van der Waals surface area contributed by atoms with E-state index in [-0.39, 0.29) is 11.7 Å². The van der Waals surface area contributed by atoms with Crippen molar-refractivity contribution in [2.45, 2.75) is 13.3 Å². The first kappa shape index (κ1) is 15.1. The molecule has 1 aromatic carbocycles. The Hall–Kier alpha value is -2.34. The maximum atomic E-state index is 12.7. The lowest BCUT2D eigenvalue weighted by atomic mass is 10.1. The molecule has 1 aromatic heterocycles. The van der Waals surface area contributed by atoms with Gasteiger partial charge in [0.2, 0.25) is 0 Å². The number of carbonyl (C=O) groups excluding carboxylic acids is 1. The van der Waals surface area contributed by atoms with E-state index in [9.17, 15) is 4.79 Å². The molecule has 0 saturated heterocycles. The van der Waals surface area contributed by atoms with Crippen molar-refractivity contribution in [3.63, 3.8) is 0 Å². The predicted octanol–water partition coefficient (Wildman–Crippen LogP) is 2.84. The summed E-state index contributed by atoms with van der Waals surface area (Å²) in [5, 5.41) is 15.4. The van der Waals surface area contributed by atoms with Crippen LogP contribution in [0.4, 0.5) is 5.69 Å². The average Bonchev–Trinajstić information content (AvgIpc) is 2.94. The Balaban J connectivity index is 2.28. The van der Waals surface area contributed by atoms with Gasteiger partial charge < -0.3 is 15.8 Å². The first-order valence-electron chi connectivity index (χ1n) is 6.49. The number of benzene rings is 1. The molecule has 110 valence electrons. The summed E-state index contributed by atoms with van der Waals surface area (Å²) in [6.07, 6.45) is 0.306. The van der Waals surface area contributed by atoms with Crippen LogP contribution in [-0.2, 0) is 0 Å². The summed E-state index contributed by atoms with van der Waals surface area (Å²) >= 11 is 1.50. The smallest absolute Gasteiger partial charge is 0.259 e. The number of para-hydroxylation sites is 1. The van der Waals surface area contributed by atoms with Crippen molar-refractivity contribution in [3.05, 3.63) is 52.2 Å². The molecule has 1 amide bonds. The van der Waals surface area contributed by atoms with Gasteiger partial charge in [-0.3, -0.25) is 4.79 Å². The van der Waals surface area contributed by atoms with Gasteiger partial charge >= 0.3 is 0 Å². The van der Waals surface area contributed by atoms with Crippen LogP contribution in [0.5, 0.6) is 0 Å². The highest BCUT2D eigenvalue weighted by molar-refractivity contribution is 7.08. The van der Waals surface area contributed by atoms with Gasteiger partial charge in [-0.1, -0.05) is 23.4 Å². The van der Waals surface area contributed by atoms with Gasteiger partial charge in [0, 0.05) is 24.0 Å². The minimum absolute atomic E-state index is 0.0781. The summed E-state index contributed by atoms with van der Waals surface area (Å²) in [5.74, 6) is 0.0245. The number of amides is 1. The number of nitrogens with zero attached hydrogens (tertiary/aromatic N) is 2. The Morgan fingerprint density at radius 3 is 2.62 bits per heavy atom. The van der Waals surface area contributed by atoms with Crippen LogP contribution in [-0.4, -0.2) is 23.5 Å². The minimum atomic E-state index is -0.0781. The first-order chi connectivity index (χ1) is 10.1. The van der Waals surface area contributed by atoms with E-state index in [2.05, 4.69) is 5.16 Å². The lowest BCUT2D eigenvalue weighted by Crippen LogP contribution is -2.34. The normalized spacial score (nSPS) is 11.4. The second kappa shape index (κ2) is 6.90. The molecule has 0 fully saturated rings. The molecule has 2 aromatic rings. The quantitative estimate of drug-likeness (QED) is 0.386. The molecule has 0 radical (unpaired) electrons. The zero-order chi connectivity index (χ0) is 15.2. The fourth-order valence-corrected chi connectivity index (χ4v) is 2.78. The zero-order valence-electron chi connectivity index (χ0n) is 11.7. The molecule has 0 bridgehead atoms. The maximum absolute atomic E-state index is 12.7. The molecule has 3 N–H and O–H groups in total. The van der Waals surface area contributed by atoms with Crippen molar-refractivity contribution in [2.24, 2.45) is 10.9 Å². The highest BCUT2D eigenvalue weighted by atomic mass is 32.1. The highest BCUT2D eigenvalue weighted by Crippen LogP contribution is 2.21. The number of hydrogen-bond donors (Lipinski definition) is 2. The van der Waals surface area contributed by atoms with E-state index in [0.717, 1.165) is 11.3 Å². The third-order valence-electron chi connectivity index (χ3n) is 3.12. The third-order valence-corrected chi connectivity index (χ3v) is 3.98. The highest BCUT2D eigenvalue weighted by Gasteiger charge is 2.20. The Morgan fingerprint density at radius 2 is 2.05 bits per heavy atom. The summed E-state index contributed by atoms with van der Waals surface area (Å²) in [7, 11) is 0. The van der Waals surface area contributed by atoms with Crippen LogP contribution in [0, 0.1) is 6.92 Å². The molecule has 6 heteroatoms. The molecule has 5 nitrogen and oxygen atoms in total. The van der Waals surface area contributed by atoms with Gasteiger partial charge in [0.15, 0.2) is 0 Å². The van der Waals surface area contributed by atoms with Crippen molar-refractivity contribution in [1.29, 1.82) is 0 Å². The van der Waals surface area contributed by atoms with E-state index in [1.54, 1.807) is 4.90 Å². The lowest BCUT2D eigenvalue weighted by Gasteiger charge is -2.22. The van der Waals surface area contributed by atoms with Crippen LogP contribution in [0.1, 0.15) is 22.3 Å². The number of anilines is 1. The number of nitrogens with two attached hydrogens (primary N) is 1. The first-order valence-corrected chi connectivity index (χ1v) is 7.44. The monoisotopic (exact) mass is 303 g/mol. The minimum Gasteiger partial charge on any atom is -0.409 e. The van der Waals surface area contributed by atoms with Crippen LogP contribution in [0.3, 0.4) is 0 Å². The standard InChI is InChI=1S/C15H17N3O2S/c1-11-9-21-10-13(11)15(19)18(8-7-14(16)17-20)12-5-3-2-4-6-12/h2-6,9-10,20H,7-8H2,1H3,(H2,16,17). The van der Waals surface area contributed by atoms with Gasteiger partial charge in [-0.25, -0.2) is 0 Å². The molecule has 0 aliphatic heterocycles. The molecule has 1 heterocycles. The Morgan fingerprint density at radius 1 is 1.33 bits per heavy atom. The molecule has 0 aliphatic carbocycles. The summed E-state index contributed by atoms with van der Waals surface area (Å²) in [4.78, 5) is 14.4. The Labute approximate surface area is 127 Å². The van der Waals surface area contributed by atoms with E-state index < -0.39 is 0 Å². The van der Waals surface area contributed by atoms with Crippen LogP contribution in [0.25, 0.3) is 0 Å². The van der Waals surface area contributed by atoms with Gasteiger partial charge in [0.1, 0.15) is 5.84 Å². The fraction of sp³-hybridized carbons (Fsp3) is 0.200. The average molecular weight is 303 g/mol. The number of rotatable bonds is 5. The summed E-state index contributed by atoms with van der Waals surface area (Å²) in [6.45, 7) is 2.27. The van der Waals surface area contributed by atoms with Crippen molar-refractivity contribution in [2.75, 3.05) is 11.4 Å². The molecular weight excluding hydrogens is 286 g/mol. The summed E-state index contributed by atoms with van der Waals surface area (Å²) in [5.41, 5.74) is 7.94. The topological polar surface area (TPSA) is 78.9 Å². The number of carbonyl (C=O) groups is 1. The van der Waals surface area contributed by atoms with Crippen molar-refractivity contribution in [3.8, 4) is 0 Å². The molecule has 0 atom stereocenters. The van der Waals surface area contributed by atoms with E-state index in [1.165, 1.54) is 11.3 Å². The number of amidine groups is 1. The van der Waals surface area contributed by atoms with Gasteiger partial charge in [-0.2, -0.15) is 11.3 Å². The predicted molar refractivity (Wildman–Crippen MR) is 85.2 cm³/mol. The van der Waals surface area contributed by atoms with Gasteiger partial charge in [-0.05, 0) is 30.0 Å². The second-order valence-electron chi connectivity index (χ2n) is 4.60. The van der Waals surface area contributed by atoms with Crippen LogP contribution in [0.2, 0.25) is 0 Å². The van der Waals surface area contributed by atoms with E-state index >= 15 is 0 Å². The molecule has 0 spiro atoms. The Bertz CT molecular complexity index is 637. The summed E-state index contributed by atoms with van der Waals surface area (Å²) < 4.78 is 0. The molecule has 21 heavy (non-hydrogen) atoms. The van der Waals surface area contributed by atoms with Crippen LogP contribution < -0.4 is 10.6 Å². The van der Waals surface area contributed by atoms with Crippen molar-refractivity contribution < 1.29 is 10.0 Å². The third kappa shape index (κ3) is 3.61. The SMILES string of the molecule is Cc1cscc1C(=O)N(CCC(N)=NO)c1ccccc1. The molecule has 0 aliphatic rings. The van der Waals surface area contributed by atoms with Gasteiger partial charge in [-0.15, -0.1) is 0 Å². The lowest BCUT2D eigenvalue weighted by molar-refractivity contribution is 0.0987. The van der Waals surface area contributed by atoms with E-state index in [4.69, 9.17) is 10.9 Å². The number of oxime groups is 1. The zero-order valence-corrected chi connectivity index (χ0v) is 12.5. The molecule has 0 saturated carbocycles. The van der Waals surface area contributed by atoms with Gasteiger partial charge in [0.25, 0.3) is 5.91 Å². The Kier molecular flexibility index (Phi) is 4.94. The van der Waals surface area contributed by atoms with Gasteiger partial charge in [0.05, 0.1) is 5.56 Å². The molecular formula is C15H17N3O2S. The van der Waals surface area contributed by atoms with Crippen molar-refractivity contribution >= 4 is 28.8 Å². The van der Waals surface area contributed by atoms with E-state index in [0.29, 0.717) is 18.5 Å². The largest absolute Gasteiger partial charge is 0.409 e. The summed E-state index contributed by atoms with van der Waals surface area (Å²) in [6, 6.07) is 9.38. The van der Waals surface area contributed by atoms with E-state index in [1.807, 2.05) is 48.0 Å². The molecule has 2 rings (SSSR count). The van der Waals surface area contributed by atoms with Crippen LogP contribution >= 0.6 is 11.3 Å². The number of hydrogen-bond acceptors (Lipinski definition) is 4. The number of thiophene rings is 1.